The maximum absolute atomic E-state index is 12.7. The van der Waals surface area contributed by atoms with Gasteiger partial charge in [-0.25, -0.2) is 0 Å². The van der Waals surface area contributed by atoms with E-state index in [1.807, 2.05) is 26.0 Å². The fraction of sp³-hybridized carbons (Fsp3) is 0.533. The first-order valence-electron chi connectivity index (χ1n) is 7.18. The predicted octanol–water partition coefficient (Wildman–Crippen LogP) is 1.41. The molecule has 106 valence electrons. The van der Waals surface area contributed by atoms with Gasteiger partial charge in [-0.1, -0.05) is 6.92 Å². The highest BCUT2D eigenvalue weighted by Crippen LogP contribution is 2.36. The van der Waals surface area contributed by atoms with Gasteiger partial charge in [-0.05, 0) is 44.2 Å². The van der Waals surface area contributed by atoms with Gasteiger partial charge < -0.3 is 5.32 Å². The lowest BCUT2D eigenvalue weighted by molar-refractivity contribution is -0.134. The van der Waals surface area contributed by atoms with Gasteiger partial charge in [-0.2, -0.15) is 0 Å². The van der Waals surface area contributed by atoms with Crippen molar-refractivity contribution in [3.8, 4) is 0 Å². The molecule has 1 aromatic rings. The molecule has 1 N–H and O–H groups in total. The van der Waals surface area contributed by atoms with Crippen molar-refractivity contribution in [1.29, 1.82) is 0 Å². The molecule has 5 nitrogen and oxygen atoms in total. The molecule has 5 heteroatoms. The third-order valence-electron chi connectivity index (χ3n) is 4.07. The van der Waals surface area contributed by atoms with Crippen LogP contribution in [0.25, 0.3) is 0 Å². The molecule has 1 aromatic heterocycles. The molecule has 3 rings (SSSR count). The Morgan fingerprint density at radius 2 is 2.10 bits per heavy atom. The zero-order valence-electron chi connectivity index (χ0n) is 11.8. The van der Waals surface area contributed by atoms with E-state index in [4.69, 9.17) is 0 Å². The number of rotatable bonds is 3. The minimum Gasteiger partial charge on any atom is -0.342 e. The van der Waals surface area contributed by atoms with Gasteiger partial charge >= 0.3 is 0 Å². The SMILES string of the molecule is CCC1C(=O)NC(C2CC2)C(=O)N1c1ccc(C)nc1. The van der Waals surface area contributed by atoms with E-state index >= 15 is 0 Å². The van der Waals surface area contributed by atoms with Crippen molar-refractivity contribution in [2.24, 2.45) is 5.92 Å². The summed E-state index contributed by atoms with van der Waals surface area (Å²) in [7, 11) is 0. The number of aryl methyl sites for hydroxylation is 1. The Kier molecular flexibility index (Phi) is 3.20. The van der Waals surface area contributed by atoms with Crippen LogP contribution in [-0.2, 0) is 9.59 Å². The number of carbonyl (C=O) groups excluding carboxylic acids is 2. The standard InChI is InChI=1S/C15H19N3O2/c1-3-12-14(19)17-13(10-5-6-10)15(20)18(12)11-7-4-9(2)16-8-11/h4,7-8,10,12-13H,3,5-6H2,1-2H3,(H,17,19). The number of hydrogen-bond donors (Lipinski definition) is 1. The van der Waals surface area contributed by atoms with Crippen molar-refractivity contribution < 1.29 is 9.59 Å². The molecule has 2 aliphatic rings. The topological polar surface area (TPSA) is 62.3 Å². The molecule has 0 aromatic carbocycles. The van der Waals surface area contributed by atoms with E-state index < -0.39 is 6.04 Å². The van der Waals surface area contributed by atoms with Crippen LogP contribution in [0, 0.1) is 12.8 Å². The van der Waals surface area contributed by atoms with Crippen molar-refractivity contribution >= 4 is 17.5 Å². The first-order chi connectivity index (χ1) is 9.61. The number of nitrogens with zero attached hydrogens (tertiary/aromatic N) is 2. The van der Waals surface area contributed by atoms with Crippen LogP contribution in [0.1, 0.15) is 31.9 Å². The van der Waals surface area contributed by atoms with E-state index in [-0.39, 0.29) is 17.9 Å². The summed E-state index contributed by atoms with van der Waals surface area (Å²) in [5.74, 6) is 0.263. The monoisotopic (exact) mass is 273 g/mol. The Labute approximate surface area is 118 Å². The fourth-order valence-electron chi connectivity index (χ4n) is 2.76. The first kappa shape index (κ1) is 13.1. The van der Waals surface area contributed by atoms with Crippen LogP contribution in [0.4, 0.5) is 5.69 Å². The molecule has 2 amide bonds. The van der Waals surface area contributed by atoms with Gasteiger partial charge in [0.1, 0.15) is 12.1 Å². The van der Waals surface area contributed by atoms with Crippen LogP contribution < -0.4 is 10.2 Å². The van der Waals surface area contributed by atoms with Gasteiger partial charge in [0.15, 0.2) is 0 Å². The Balaban J connectivity index is 1.95. The Morgan fingerprint density at radius 1 is 1.35 bits per heavy atom. The summed E-state index contributed by atoms with van der Waals surface area (Å²) in [4.78, 5) is 30.8. The lowest BCUT2D eigenvalue weighted by Gasteiger charge is -2.38. The smallest absolute Gasteiger partial charge is 0.250 e. The van der Waals surface area contributed by atoms with Crippen molar-refractivity contribution in [2.75, 3.05) is 4.90 Å². The molecule has 2 unspecified atom stereocenters. The number of pyridine rings is 1. The molecule has 0 bridgehead atoms. The highest BCUT2D eigenvalue weighted by molar-refractivity contribution is 6.08. The van der Waals surface area contributed by atoms with E-state index in [0.29, 0.717) is 18.0 Å². The van der Waals surface area contributed by atoms with Crippen molar-refractivity contribution in [1.82, 2.24) is 10.3 Å². The molecular formula is C15H19N3O2. The van der Waals surface area contributed by atoms with Crippen LogP contribution >= 0.6 is 0 Å². The molecule has 1 saturated heterocycles. The van der Waals surface area contributed by atoms with E-state index in [0.717, 1.165) is 18.5 Å². The Hall–Kier alpha value is -1.91. The normalized spacial score (nSPS) is 26.6. The molecule has 1 saturated carbocycles. The number of anilines is 1. The van der Waals surface area contributed by atoms with Crippen LogP contribution in [-0.4, -0.2) is 28.9 Å². The molecule has 2 fully saturated rings. The average Bonchev–Trinajstić information content (AvgIpc) is 3.26. The van der Waals surface area contributed by atoms with Crippen molar-refractivity contribution in [3.63, 3.8) is 0 Å². The summed E-state index contributed by atoms with van der Waals surface area (Å²) in [5.41, 5.74) is 1.61. The summed E-state index contributed by atoms with van der Waals surface area (Å²) in [5, 5.41) is 2.89. The second-order valence-corrected chi connectivity index (χ2v) is 5.61. The van der Waals surface area contributed by atoms with E-state index in [1.165, 1.54) is 0 Å². The number of carbonyl (C=O) groups is 2. The second-order valence-electron chi connectivity index (χ2n) is 5.61. The number of nitrogens with one attached hydrogen (secondary N) is 1. The predicted molar refractivity (Wildman–Crippen MR) is 75.2 cm³/mol. The average molecular weight is 273 g/mol. The fourth-order valence-corrected chi connectivity index (χ4v) is 2.76. The highest BCUT2D eigenvalue weighted by Gasteiger charge is 2.46. The van der Waals surface area contributed by atoms with Crippen molar-refractivity contribution in [2.45, 2.75) is 45.2 Å². The second kappa shape index (κ2) is 4.89. The summed E-state index contributed by atoms with van der Waals surface area (Å²) >= 11 is 0. The van der Waals surface area contributed by atoms with Crippen LogP contribution in [0.15, 0.2) is 18.3 Å². The molecule has 2 heterocycles. The number of piperazine rings is 1. The zero-order chi connectivity index (χ0) is 14.3. The lowest BCUT2D eigenvalue weighted by atomic mass is 10.0. The number of aromatic nitrogens is 1. The number of amides is 2. The lowest BCUT2D eigenvalue weighted by Crippen LogP contribution is -2.64. The maximum Gasteiger partial charge on any atom is 0.250 e. The van der Waals surface area contributed by atoms with Gasteiger partial charge in [-0.15, -0.1) is 0 Å². The minimum absolute atomic E-state index is 0.00426. The van der Waals surface area contributed by atoms with Gasteiger partial charge in [-0.3, -0.25) is 19.5 Å². The summed E-state index contributed by atoms with van der Waals surface area (Å²) in [6.07, 6.45) is 4.32. The van der Waals surface area contributed by atoms with Gasteiger partial charge in [0.25, 0.3) is 5.91 Å². The van der Waals surface area contributed by atoms with E-state index in [1.54, 1.807) is 11.1 Å². The molecule has 0 radical (unpaired) electrons. The maximum atomic E-state index is 12.7. The van der Waals surface area contributed by atoms with E-state index in [2.05, 4.69) is 10.3 Å². The van der Waals surface area contributed by atoms with Crippen LogP contribution in [0.5, 0.6) is 0 Å². The van der Waals surface area contributed by atoms with Gasteiger partial charge in [0.2, 0.25) is 5.91 Å². The molecule has 0 spiro atoms. The summed E-state index contributed by atoms with van der Waals surface area (Å²) < 4.78 is 0. The largest absolute Gasteiger partial charge is 0.342 e. The van der Waals surface area contributed by atoms with Gasteiger partial charge in [0, 0.05) is 5.69 Å². The number of hydrogen-bond acceptors (Lipinski definition) is 3. The van der Waals surface area contributed by atoms with Crippen molar-refractivity contribution in [3.05, 3.63) is 24.0 Å². The molecule has 2 atom stereocenters. The zero-order valence-corrected chi connectivity index (χ0v) is 11.8. The molecule has 1 aliphatic carbocycles. The Bertz CT molecular complexity index is 537. The quantitative estimate of drug-likeness (QED) is 0.905. The third kappa shape index (κ3) is 2.17. The molecule has 20 heavy (non-hydrogen) atoms. The Morgan fingerprint density at radius 3 is 2.65 bits per heavy atom. The first-order valence-corrected chi connectivity index (χ1v) is 7.18. The summed E-state index contributed by atoms with van der Waals surface area (Å²) in [6, 6.07) is 2.95. The van der Waals surface area contributed by atoms with Crippen LogP contribution in [0.3, 0.4) is 0 Å². The van der Waals surface area contributed by atoms with E-state index in [9.17, 15) is 9.59 Å². The van der Waals surface area contributed by atoms with Gasteiger partial charge in [0.05, 0.1) is 11.9 Å². The minimum atomic E-state index is -0.429. The molecule has 1 aliphatic heterocycles. The highest BCUT2D eigenvalue weighted by atomic mass is 16.2. The molecular weight excluding hydrogens is 254 g/mol. The summed E-state index contributed by atoms with van der Waals surface area (Å²) in [6.45, 7) is 3.82. The van der Waals surface area contributed by atoms with Crippen LogP contribution in [0.2, 0.25) is 0 Å². The third-order valence-corrected chi connectivity index (χ3v) is 4.07.